The highest BCUT2D eigenvalue weighted by Gasteiger charge is 2.25. The summed E-state index contributed by atoms with van der Waals surface area (Å²) < 4.78 is 5.23. The summed E-state index contributed by atoms with van der Waals surface area (Å²) in [5, 5.41) is 13.8. The van der Waals surface area contributed by atoms with Crippen LogP contribution in [0.5, 0.6) is 5.75 Å². The third kappa shape index (κ3) is 5.61. The lowest BCUT2D eigenvalue weighted by Gasteiger charge is -2.30. The lowest BCUT2D eigenvalue weighted by molar-refractivity contribution is 0.185. The molecule has 2 rings (SSSR count). The van der Waals surface area contributed by atoms with Gasteiger partial charge in [0.2, 0.25) is 0 Å². The molecule has 0 spiro atoms. The highest BCUT2D eigenvalue weighted by molar-refractivity contribution is 5.79. The smallest absolute Gasteiger partial charge is 0.193 e. The van der Waals surface area contributed by atoms with Crippen molar-refractivity contribution in [2.24, 2.45) is 4.99 Å². The van der Waals surface area contributed by atoms with Gasteiger partial charge in [0.15, 0.2) is 5.96 Å². The number of hydrogen-bond donors (Lipinski definition) is 2. The number of nitrogens with zero attached hydrogens (tertiary/aromatic N) is 3. The van der Waals surface area contributed by atoms with Crippen LogP contribution in [0.2, 0.25) is 0 Å². The lowest BCUT2D eigenvalue weighted by Crippen LogP contribution is -2.46. The van der Waals surface area contributed by atoms with Crippen molar-refractivity contribution in [3.63, 3.8) is 0 Å². The van der Waals surface area contributed by atoms with Crippen molar-refractivity contribution in [1.82, 2.24) is 15.1 Å². The Balaban J connectivity index is 2.00. The molecule has 1 aliphatic rings. The van der Waals surface area contributed by atoms with E-state index in [0.29, 0.717) is 12.6 Å². The largest absolute Gasteiger partial charge is 0.497 e. The molecule has 0 radical (unpaired) electrons. The van der Waals surface area contributed by atoms with Gasteiger partial charge in [-0.3, -0.25) is 9.89 Å². The summed E-state index contributed by atoms with van der Waals surface area (Å²) in [6.45, 7) is 8.66. The number of methoxy groups -OCH3 is 1. The van der Waals surface area contributed by atoms with Crippen LogP contribution >= 0.6 is 0 Å². The number of aliphatic hydroxyl groups is 1. The fourth-order valence-corrected chi connectivity index (χ4v) is 3.52. The van der Waals surface area contributed by atoms with Gasteiger partial charge in [-0.05, 0) is 50.6 Å². The molecule has 1 heterocycles. The normalized spacial score (nSPS) is 19.4. The zero-order valence-corrected chi connectivity index (χ0v) is 16.6. The van der Waals surface area contributed by atoms with Crippen LogP contribution in [0.25, 0.3) is 0 Å². The average Bonchev–Trinajstić information content (AvgIpc) is 3.11. The Morgan fingerprint density at radius 3 is 2.96 bits per heavy atom. The average molecular weight is 363 g/mol. The quantitative estimate of drug-likeness (QED) is 0.548. The maximum absolute atomic E-state index is 10.5. The summed E-state index contributed by atoms with van der Waals surface area (Å²) in [6.07, 6.45) is 1.87. The van der Waals surface area contributed by atoms with E-state index >= 15 is 0 Å². The number of rotatable bonds is 8. The first-order chi connectivity index (χ1) is 12.6. The minimum Gasteiger partial charge on any atom is -0.497 e. The van der Waals surface area contributed by atoms with E-state index in [4.69, 9.17) is 4.74 Å². The summed E-state index contributed by atoms with van der Waals surface area (Å²) >= 11 is 0. The highest BCUT2D eigenvalue weighted by Crippen LogP contribution is 2.20. The van der Waals surface area contributed by atoms with Crippen molar-refractivity contribution >= 4 is 5.96 Å². The third-order valence-electron chi connectivity index (χ3n) is 4.98. The van der Waals surface area contributed by atoms with Crippen LogP contribution in [0.4, 0.5) is 0 Å². The number of aliphatic hydroxyl groups excluding tert-OH is 1. The zero-order chi connectivity index (χ0) is 18.9. The van der Waals surface area contributed by atoms with E-state index in [-0.39, 0.29) is 0 Å². The molecule has 0 bridgehead atoms. The molecule has 0 aliphatic carbocycles. The molecule has 2 unspecified atom stereocenters. The monoisotopic (exact) mass is 362 g/mol. The minimum atomic E-state index is -0.647. The topological polar surface area (TPSA) is 60.3 Å². The number of guanidine groups is 1. The van der Waals surface area contributed by atoms with Gasteiger partial charge in [0, 0.05) is 26.2 Å². The van der Waals surface area contributed by atoms with E-state index < -0.39 is 6.10 Å². The van der Waals surface area contributed by atoms with Crippen LogP contribution in [0, 0.1) is 0 Å². The van der Waals surface area contributed by atoms with Crippen LogP contribution in [-0.2, 0) is 0 Å². The fourth-order valence-electron chi connectivity index (χ4n) is 3.52. The van der Waals surface area contributed by atoms with Crippen molar-refractivity contribution in [3.8, 4) is 5.75 Å². The molecule has 1 aliphatic heterocycles. The highest BCUT2D eigenvalue weighted by atomic mass is 16.5. The molecule has 1 fully saturated rings. The second kappa shape index (κ2) is 10.4. The number of ether oxygens (including phenoxy) is 1. The van der Waals surface area contributed by atoms with Gasteiger partial charge in [-0.25, -0.2) is 0 Å². The Kier molecular flexibility index (Phi) is 8.19. The second-order valence-corrected chi connectivity index (χ2v) is 6.79. The molecule has 146 valence electrons. The SMILES string of the molecule is CCNC(=NCC(O)c1cccc(OC)c1)N(C)CC1CCCN1CC. The zero-order valence-electron chi connectivity index (χ0n) is 16.6. The maximum atomic E-state index is 10.5. The molecule has 0 saturated carbocycles. The molecule has 26 heavy (non-hydrogen) atoms. The number of hydrogen-bond acceptors (Lipinski definition) is 4. The first-order valence-corrected chi connectivity index (χ1v) is 9.64. The molecular formula is C20H34N4O2. The van der Waals surface area contributed by atoms with Gasteiger partial charge in [0.25, 0.3) is 0 Å². The van der Waals surface area contributed by atoms with Crippen molar-refractivity contribution in [1.29, 1.82) is 0 Å². The summed E-state index contributed by atoms with van der Waals surface area (Å²) in [7, 11) is 3.70. The fraction of sp³-hybridized carbons (Fsp3) is 0.650. The Bertz CT molecular complexity index is 579. The Morgan fingerprint density at radius 1 is 1.46 bits per heavy atom. The molecule has 1 aromatic rings. The molecule has 6 nitrogen and oxygen atoms in total. The third-order valence-corrected chi connectivity index (χ3v) is 4.98. The van der Waals surface area contributed by atoms with E-state index in [1.807, 2.05) is 24.3 Å². The molecule has 2 N–H and O–H groups in total. The molecule has 6 heteroatoms. The predicted octanol–water partition coefficient (Wildman–Crippen LogP) is 2.11. The second-order valence-electron chi connectivity index (χ2n) is 6.79. The van der Waals surface area contributed by atoms with E-state index in [0.717, 1.165) is 36.9 Å². The molecule has 1 saturated heterocycles. The summed E-state index contributed by atoms with van der Waals surface area (Å²) in [5.74, 6) is 1.59. The number of likely N-dealkylation sites (tertiary alicyclic amines) is 1. The molecular weight excluding hydrogens is 328 g/mol. The van der Waals surface area contributed by atoms with E-state index in [2.05, 4.69) is 41.0 Å². The molecule has 1 aromatic carbocycles. The predicted molar refractivity (Wildman–Crippen MR) is 107 cm³/mol. The maximum Gasteiger partial charge on any atom is 0.193 e. The number of aliphatic imine (C=N–C) groups is 1. The summed E-state index contributed by atoms with van der Waals surface area (Å²) in [4.78, 5) is 9.37. The van der Waals surface area contributed by atoms with E-state index in [1.165, 1.54) is 19.4 Å². The number of nitrogens with one attached hydrogen (secondary N) is 1. The standard InChI is InChI=1S/C20H34N4O2/c1-5-21-20(23(3)15-17-10-8-12-24(17)6-2)22-14-19(25)16-9-7-11-18(13-16)26-4/h7,9,11,13,17,19,25H,5-6,8,10,12,14-15H2,1-4H3,(H,21,22). The Labute approximate surface area is 157 Å². The van der Waals surface area contributed by atoms with Gasteiger partial charge in [-0.1, -0.05) is 19.1 Å². The van der Waals surface area contributed by atoms with Crippen LogP contribution < -0.4 is 10.1 Å². The van der Waals surface area contributed by atoms with Crippen molar-refractivity contribution in [3.05, 3.63) is 29.8 Å². The molecule has 0 aromatic heterocycles. The van der Waals surface area contributed by atoms with Gasteiger partial charge >= 0.3 is 0 Å². The Hall–Kier alpha value is -1.79. The Morgan fingerprint density at radius 2 is 2.27 bits per heavy atom. The molecule has 2 atom stereocenters. The summed E-state index contributed by atoms with van der Waals surface area (Å²) in [6, 6.07) is 8.10. The first-order valence-electron chi connectivity index (χ1n) is 9.64. The number of likely N-dealkylation sites (N-methyl/N-ethyl adjacent to an activating group) is 2. The van der Waals surface area contributed by atoms with Crippen molar-refractivity contribution in [2.75, 3.05) is 46.9 Å². The van der Waals surface area contributed by atoms with Gasteiger partial charge < -0.3 is 20.1 Å². The van der Waals surface area contributed by atoms with Crippen LogP contribution in [-0.4, -0.2) is 73.8 Å². The first kappa shape index (κ1) is 20.5. The summed E-state index contributed by atoms with van der Waals surface area (Å²) in [5.41, 5.74) is 0.819. The van der Waals surface area contributed by atoms with Gasteiger partial charge in [0.1, 0.15) is 5.75 Å². The van der Waals surface area contributed by atoms with Crippen LogP contribution in [0.1, 0.15) is 38.4 Å². The van der Waals surface area contributed by atoms with Crippen molar-refractivity contribution < 1.29 is 9.84 Å². The number of benzene rings is 1. The van der Waals surface area contributed by atoms with Crippen LogP contribution in [0.3, 0.4) is 0 Å². The van der Waals surface area contributed by atoms with Gasteiger partial charge in [0.05, 0.1) is 19.8 Å². The van der Waals surface area contributed by atoms with Crippen LogP contribution in [0.15, 0.2) is 29.3 Å². The van der Waals surface area contributed by atoms with Gasteiger partial charge in [-0.2, -0.15) is 0 Å². The minimum absolute atomic E-state index is 0.321. The van der Waals surface area contributed by atoms with E-state index in [9.17, 15) is 5.11 Å². The van der Waals surface area contributed by atoms with Crippen molar-refractivity contribution in [2.45, 2.75) is 38.8 Å². The molecule has 0 amide bonds. The van der Waals surface area contributed by atoms with E-state index in [1.54, 1.807) is 7.11 Å². The lowest BCUT2D eigenvalue weighted by atomic mass is 10.1. The van der Waals surface area contributed by atoms with Gasteiger partial charge in [-0.15, -0.1) is 0 Å².